The van der Waals surface area contributed by atoms with E-state index in [1.54, 1.807) is 11.1 Å². The van der Waals surface area contributed by atoms with Gasteiger partial charge in [0.05, 0.1) is 12.2 Å². The minimum atomic E-state index is -1.34. The van der Waals surface area contributed by atoms with E-state index in [2.05, 4.69) is 9.50 Å². The summed E-state index contributed by atoms with van der Waals surface area (Å²) in [6, 6.07) is 1.94. The molecule has 1 saturated heterocycles. The van der Waals surface area contributed by atoms with Gasteiger partial charge < -0.3 is 14.2 Å². The number of nitrogens with zero attached hydrogens (tertiary/aromatic N) is 4. The second-order valence-electron chi connectivity index (χ2n) is 9.42. The Morgan fingerprint density at radius 3 is 2.44 bits per heavy atom. The Balaban J connectivity index is 1.81. The first-order valence-corrected chi connectivity index (χ1v) is 10.5. The molecule has 1 aromatic rings. The molecule has 27 heavy (non-hydrogen) atoms. The number of likely N-dealkylation sites (tertiary alicyclic amines) is 1. The zero-order valence-electron chi connectivity index (χ0n) is 17.1. The van der Waals surface area contributed by atoms with Crippen LogP contribution in [0.3, 0.4) is 0 Å². The molecular weight excluding hydrogens is 364 g/mol. The van der Waals surface area contributed by atoms with Crippen molar-refractivity contribution in [1.82, 2.24) is 14.7 Å². The van der Waals surface area contributed by atoms with Gasteiger partial charge in [-0.05, 0) is 60.5 Å². The monoisotopic (exact) mass is 394 g/mol. The van der Waals surface area contributed by atoms with Crippen molar-refractivity contribution in [3.63, 3.8) is 0 Å². The second-order valence-corrected chi connectivity index (χ2v) is 11.3. The first kappa shape index (κ1) is 20.2. The summed E-state index contributed by atoms with van der Waals surface area (Å²) in [6.07, 6.45) is 3.00. The van der Waals surface area contributed by atoms with Crippen LogP contribution in [0.4, 0.5) is 4.79 Å². The van der Waals surface area contributed by atoms with Gasteiger partial charge in [-0.25, -0.2) is 4.79 Å². The molecule has 1 amide bonds. The second kappa shape index (κ2) is 6.81. The van der Waals surface area contributed by atoms with Crippen LogP contribution in [-0.4, -0.2) is 54.5 Å². The van der Waals surface area contributed by atoms with Crippen LogP contribution in [0.15, 0.2) is 16.7 Å². The SMILES string of the molecule is CC(C)(C)OC(=O)N1CCC2(CC1)Cn1nccc1C2=N[S+]([O-])C(C)(C)C. The predicted octanol–water partition coefficient (Wildman–Crippen LogP) is 3.17. The molecule has 2 aliphatic heterocycles. The van der Waals surface area contributed by atoms with Gasteiger partial charge in [-0.2, -0.15) is 5.10 Å². The summed E-state index contributed by atoms with van der Waals surface area (Å²) in [5.41, 5.74) is 1.09. The molecule has 0 N–H and O–H groups in total. The van der Waals surface area contributed by atoms with Crippen molar-refractivity contribution in [1.29, 1.82) is 0 Å². The summed E-state index contributed by atoms with van der Waals surface area (Å²) in [5, 5.41) is 4.40. The maximum absolute atomic E-state index is 12.7. The molecule has 0 saturated carbocycles. The molecule has 2 aliphatic rings. The summed E-state index contributed by atoms with van der Waals surface area (Å²) >= 11 is -1.34. The normalized spacial score (nSPS) is 22.2. The van der Waals surface area contributed by atoms with Crippen molar-refractivity contribution >= 4 is 23.2 Å². The molecule has 150 valence electrons. The van der Waals surface area contributed by atoms with E-state index in [0.29, 0.717) is 13.1 Å². The summed E-state index contributed by atoms with van der Waals surface area (Å²) in [4.78, 5) is 14.1. The molecule has 0 bridgehead atoms. The van der Waals surface area contributed by atoms with Crippen molar-refractivity contribution in [2.45, 2.75) is 71.3 Å². The van der Waals surface area contributed by atoms with E-state index in [9.17, 15) is 9.35 Å². The average Bonchev–Trinajstić information content (AvgIpc) is 3.07. The summed E-state index contributed by atoms with van der Waals surface area (Å²) < 4.78 is 24.4. The first-order chi connectivity index (χ1) is 12.4. The third-order valence-electron chi connectivity index (χ3n) is 4.98. The van der Waals surface area contributed by atoms with Crippen LogP contribution in [0.5, 0.6) is 0 Å². The number of hydrogen-bond donors (Lipinski definition) is 0. The quantitative estimate of drug-likeness (QED) is 0.685. The van der Waals surface area contributed by atoms with Crippen molar-refractivity contribution in [3.8, 4) is 0 Å². The van der Waals surface area contributed by atoms with Gasteiger partial charge in [0.15, 0.2) is 0 Å². The van der Waals surface area contributed by atoms with Gasteiger partial charge in [0.25, 0.3) is 0 Å². The molecule has 7 nitrogen and oxygen atoms in total. The molecule has 0 aromatic carbocycles. The summed E-state index contributed by atoms with van der Waals surface area (Å²) in [5.74, 6) is 0. The predicted molar refractivity (Wildman–Crippen MR) is 106 cm³/mol. The number of carbonyl (C=O) groups excluding carboxylic acids is 1. The smallest absolute Gasteiger partial charge is 0.410 e. The fourth-order valence-electron chi connectivity index (χ4n) is 3.50. The number of hydrogen-bond acceptors (Lipinski definition) is 5. The lowest BCUT2D eigenvalue weighted by Gasteiger charge is -2.39. The van der Waals surface area contributed by atoms with Crippen LogP contribution in [0.25, 0.3) is 0 Å². The summed E-state index contributed by atoms with van der Waals surface area (Å²) in [7, 11) is 0. The first-order valence-electron chi connectivity index (χ1n) is 9.43. The maximum Gasteiger partial charge on any atom is 0.410 e. The number of amides is 1. The number of aromatic nitrogens is 2. The zero-order valence-corrected chi connectivity index (χ0v) is 17.9. The highest BCUT2D eigenvalue weighted by atomic mass is 32.2. The zero-order chi connectivity index (χ0) is 20.0. The van der Waals surface area contributed by atoms with Gasteiger partial charge in [-0.1, -0.05) is 4.40 Å². The molecule has 0 aliphatic carbocycles. The van der Waals surface area contributed by atoms with E-state index < -0.39 is 21.7 Å². The Kier molecular flexibility index (Phi) is 5.10. The van der Waals surface area contributed by atoms with E-state index in [0.717, 1.165) is 30.8 Å². The maximum atomic E-state index is 12.7. The lowest BCUT2D eigenvalue weighted by atomic mass is 9.75. The van der Waals surface area contributed by atoms with Crippen molar-refractivity contribution < 1.29 is 14.1 Å². The van der Waals surface area contributed by atoms with Crippen LogP contribution >= 0.6 is 0 Å². The standard InChI is InChI=1S/C19H30N4O3S/c1-17(2,3)26-16(24)22-11-8-19(9-12-22)13-23-14(7-10-20-23)15(19)21-27(25)18(4,5)6/h7,10H,8-9,11-13H2,1-6H3. The molecule has 8 heteroatoms. The fraction of sp³-hybridized carbons (Fsp3) is 0.737. The molecule has 1 spiro atoms. The van der Waals surface area contributed by atoms with E-state index in [1.807, 2.05) is 52.3 Å². The Hall–Kier alpha value is -1.54. The topological polar surface area (TPSA) is 82.8 Å². The van der Waals surface area contributed by atoms with Crippen molar-refractivity contribution in [2.24, 2.45) is 9.81 Å². The van der Waals surface area contributed by atoms with Crippen LogP contribution in [0.2, 0.25) is 0 Å². The minimum absolute atomic E-state index is 0.219. The van der Waals surface area contributed by atoms with Gasteiger partial charge in [0, 0.05) is 24.7 Å². The number of ether oxygens (including phenoxy) is 1. The highest BCUT2D eigenvalue weighted by Gasteiger charge is 2.49. The molecule has 3 heterocycles. The number of rotatable bonds is 1. The van der Waals surface area contributed by atoms with Crippen LogP contribution < -0.4 is 0 Å². The Labute approximate surface area is 164 Å². The highest BCUT2D eigenvalue weighted by Crippen LogP contribution is 2.43. The number of carbonyl (C=O) groups is 1. The Morgan fingerprint density at radius 1 is 1.26 bits per heavy atom. The van der Waals surface area contributed by atoms with Gasteiger partial charge >= 0.3 is 6.09 Å². The van der Waals surface area contributed by atoms with Crippen LogP contribution in [-0.2, 0) is 22.6 Å². The molecule has 1 fully saturated rings. The third kappa shape index (κ3) is 4.16. The summed E-state index contributed by atoms with van der Waals surface area (Å²) in [6.45, 7) is 13.3. The van der Waals surface area contributed by atoms with E-state index in [4.69, 9.17) is 4.74 Å². The van der Waals surface area contributed by atoms with Crippen LogP contribution in [0, 0.1) is 5.41 Å². The molecule has 1 unspecified atom stereocenters. The molecule has 3 rings (SSSR count). The third-order valence-corrected chi connectivity index (χ3v) is 6.38. The molecular formula is C19H30N4O3S. The lowest BCUT2D eigenvalue weighted by Crippen LogP contribution is -2.47. The van der Waals surface area contributed by atoms with Crippen molar-refractivity contribution in [3.05, 3.63) is 18.0 Å². The number of fused-ring (bicyclic) bond motifs is 1. The molecule has 0 radical (unpaired) electrons. The number of piperidine rings is 1. The Bertz CT molecular complexity index is 737. The lowest BCUT2D eigenvalue weighted by molar-refractivity contribution is 0.0150. The average molecular weight is 395 g/mol. The van der Waals surface area contributed by atoms with Crippen LogP contribution in [0.1, 0.15) is 60.1 Å². The van der Waals surface area contributed by atoms with Gasteiger partial charge in [-0.3, -0.25) is 4.68 Å². The fourth-order valence-corrected chi connectivity index (χ4v) is 4.22. The molecule has 1 atom stereocenters. The van der Waals surface area contributed by atoms with Gasteiger partial charge in [-0.15, -0.1) is 0 Å². The van der Waals surface area contributed by atoms with E-state index in [-0.39, 0.29) is 11.5 Å². The largest absolute Gasteiger partial charge is 0.591 e. The molecule has 1 aromatic heterocycles. The van der Waals surface area contributed by atoms with E-state index >= 15 is 0 Å². The highest BCUT2D eigenvalue weighted by molar-refractivity contribution is 7.91. The van der Waals surface area contributed by atoms with Gasteiger partial charge in [0.1, 0.15) is 27.4 Å². The minimum Gasteiger partial charge on any atom is -0.591 e. The van der Waals surface area contributed by atoms with E-state index in [1.165, 1.54) is 0 Å². The Morgan fingerprint density at radius 2 is 1.89 bits per heavy atom. The van der Waals surface area contributed by atoms with Crippen molar-refractivity contribution in [2.75, 3.05) is 13.1 Å². The van der Waals surface area contributed by atoms with Gasteiger partial charge in [0.2, 0.25) is 0 Å².